The first-order valence-corrected chi connectivity index (χ1v) is 12.4. The zero-order valence-corrected chi connectivity index (χ0v) is 21.6. The highest BCUT2D eigenvalue weighted by Gasteiger charge is 2.19. The number of aryl methyl sites for hydroxylation is 2. The second-order valence-corrected chi connectivity index (χ2v) is 9.05. The van der Waals surface area contributed by atoms with Crippen molar-refractivity contribution in [3.63, 3.8) is 0 Å². The molecule has 2 unspecified atom stereocenters. The fourth-order valence-electron chi connectivity index (χ4n) is 3.75. The summed E-state index contributed by atoms with van der Waals surface area (Å²) in [4.78, 5) is 30.2. The fourth-order valence-corrected chi connectivity index (χ4v) is 3.75. The molecule has 0 fully saturated rings. The Bertz CT molecular complexity index is 1390. The van der Waals surface area contributed by atoms with E-state index in [0.29, 0.717) is 28.8 Å². The summed E-state index contributed by atoms with van der Waals surface area (Å²) in [6.07, 6.45) is 4.96. The number of hydrogen-bond donors (Lipinski definition) is 3. The highest BCUT2D eigenvalue weighted by molar-refractivity contribution is 5.93. The van der Waals surface area contributed by atoms with Crippen molar-refractivity contribution in [3.05, 3.63) is 76.9 Å². The smallest absolute Gasteiger partial charge is 0.273 e. The summed E-state index contributed by atoms with van der Waals surface area (Å²) in [5.41, 5.74) is 3.56. The van der Waals surface area contributed by atoms with Crippen molar-refractivity contribution in [2.24, 2.45) is 0 Å². The normalized spacial score (nSPS) is 12.7. The van der Waals surface area contributed by atoms with Crippen LogP contribution in [0.5, 0.6) is 0 Å². The average molecular weight is 503 g/mol. The molecule has 4 aromatic heterocycles. The second kappa shape index (κ2) is 11.2. The molecule has 0 radical (unpaired) electrons. The molecule has 0 saturated heterocycles. The van der Waals surface area contributed by atoms with E-state index in [2.05, 4.69) is 54.6 Å². The van der Waals surface area contributed by atoms with Crippen LogP contribution < -0.4 is 10.6 Å². The molecule has 1 amide bonds. The average Bonchev–Trinajstić information content (AvgIpc) is 3.35. The Balaban J connectivity index is 1.48. The Kier molecular flexibility index (Phi) is 7.86. The van der Waals surface area contributed by atoms with Crippen LogP contribution in [-0.2, 0) is 6.42 Å². The number of H-pyrrole nitrogens is 1. The van der Waals surface area contributed by atoms with Gasteiger partial charge in [-0.25, -0.2) is 19.3 Å². The van der Waals surface area contributed by atoms with Gasteiger partial charge in [0, 0.05) is 47.2 Å². The largest absolute Gasteiger partial charge is 0.344 e. The van der Waals surface area contributed by atoms with Crippen LogP contribution in [0.15, 0.2) is 42.7 Å². The topological polar surface area (TPSA) is 121 Å². The van der Waals surface area contributed by atoms with Crippen LogP contribution in [-0.4, -0.2) is 36.0 Å². The summed E-state index contributed by atoms with van der Waals surface area (Å²) < 4.78 is 15.0. The molecule has 4 aromatic rings. The van der Waals surface area contributed by atoms with Crippen molar-refractivity contribution in [2.45, 2.75) is 59.4 Å². The molecule has 0 aromatic carbocycles. The first-order chi connectivity index (χ1) is 17.8. The summed E-state index contributed by atoms with van der Waals surface area (Å²) in [5.74, 6) is 0.413. The third-order valence-corrected chi connectivity index (χ3v) is 6.21. The van der Waals surface area contributed by atoms with Crippen LogP contribution in [0, 0.1) is 12.7 Å². The fraction of sp³-hybridized carbons (Fsp3) is 0.333. The maximum absolute atomic E-state index is 15.0. The molecule has 0 spiro atoms. The number of carbonyl (C=O) groups excluding carboxylic acids is 1. The zero-order valence-electron chi connectivity index (χ0n) is 21.6. The first-order valence-electron chi connectivity index (χ1n) is 12.4. The molecule has 4 rings (SSSR count). The van der Waals surface area contributed by atoms with E-state index < -0.39 is 11.7 Å². The van der Waals surface area contributed by atoms with Crippen LogP contribution in [0.25, 0.3) is 11.4 Å². The lowest BCUT2D eigenvalue weighted by Crippen LogP contribution is -2.28. The lowest BCUT2D eigenvalue weighted by atomic mass is 10.0. The minimum absolute atomic E-state index is 0.285. The monoisotopic (exact) mass is 502 g/mol. The number of nitrogens with one attached hydrogen (secondary N) is 3. The van der Waals surface area contributed by atoms with Gasteiger partial charge in [0.05, 0.1) is 6.04 Å². The van der Waals surface area contributed by atoms with Gasteiger partial charge in [0.1, 0.15) is 5.82 Å². The molecule has 3 N–H and O–H groups in total. The van der Waals surface area contributed by atoms with E-state index in [4.69, 9.17) is 0 Å². The van der Waals surface area contributed by atoms with Crippen molar-refractivity contribution in [2.75, 3.05) is 5.32 Å². The summed E-state index contributed by atoms with van der Waals surface area (Å²) in [7, 11) is 0. The predicted octanol–water partition coefficient (Wildman–Crippen LogP) is 5.41. The molecule has 0 saturated carbocycles. The number of anilines is 2. The Morgan fingerprint density at radius 2 is 1.86 bits per heavy atom. The van der Waals surface area contributed by atoms with Crippen LogP contribution in [0.3, 0.4) is 0 Å². The molecule has 0 bridgehead atoms. The molecule has 2 atom stereocenters. The molecule has 0 aliphatic carbocycles. The van der Waals surface area contributed by atoms with Gasteiger partial charge in [-0.3, -0.25) is 14.9 Å². The molecule has 0 aliphatic heterocycles. The summed E-state index contributed by atoms with van der Waals surface area (Å²) >= 11 is 0. The van der Waals surface area contributed by atoms with Gasteiger partial charge in [-0.2, -0.15) is 5.10 Å². The zero-order chi connectivity index (χ0) is 26.5. The minimum atomic E-state index is -0.757. The number of rotatable bonds is 9. The van der Waals surface area contributed by atoms with Gasteiger partial charge in [-0.05, 0) is 50.3 Å². The maximum atomic E-state index is 15.0. The number of amides is 1. The highest BCUT2D eigenvalue weighted by Crippen LogP contribution is 2.22. The van der Waals surface area contributed by atoms with E-state index in [1.807, 2.05) is 39.0 Å². The van der Waals surface area contributed by atoms with Crippen LogP contribution in [0.1, 0.15) is 79.2 Å². The van der Waals surface area contributed by atoms with Gasteiger partial charge >= 0.3 is 0 Å². The Labute approximate surface area is 215 Å². The number of aromatic nitrogens is 6. The molecule has 9 nitrogen and oxygen atoms in total. The van der Waals surface area contributed by atoms with Crippen molar-refractivity contribution >= 4 is 17.5 Å². The van der Waals surface area contributed by atoms with E-state index in [9.17, 15) is 9.18 Å². The van der Waals surface area contributed by atoms with Gasteiger partial charge in [0.25, 0.3) is 5.91 Å². The van der Waals surface area contributed by atoms with E-state index >= 15 is 0 Å². The molecular weight excluding hydrogens is 471 g/mol. The SMILES string of the molecule is CCc1cc(Nc2cc(C)nc(-c3cnc(C(=O)NC(C)c4ccc(C(C)CC)nc4)c(F)c3)n2)n[nH]1. The second-order valence-electron chi connectivity index (χ2n) is 9.05. The van der Waals surface area contributed by atoms with Gasteiger partial charge in [-0.15, -0.1) is 0 Å². The summed E-state index contributed by atoms with van der Waals surface area (Å²) in [6, 6.07) is 8.40. The molecule has 37 heavy (non-hydrogen) atoms. The molecule has 4 heterocycles. The molecule has 0 aliphatic rings. The van der Waals surface area contributed by atoms with Gasteiger partial charge < -0.3 is 10.6 Å². The van der Waals surface area contributed by atoms with Gasteiger partial charge in [0.2, 0.25) is 0 Å². The van der Waals surface area contributed by atoms with Crippen molar-refractivity contribution in [1.82, 2.24) is 35.5 Å². The van der Waals surface area contributed by atoms with Crippen molar-refractivity contribution in [1.29, 1.82) is 0 Å². The highest BCUT2D eigenvalue weighted by atomic mass is 19.1. The third-order valence-electron chi connectivity index (χ3n) is 6.21. The summed E-state index contributed by atoms with van der Waals surface area (Å²) in [6.45, 7) is 9.89. The molecule has 10 heteroatoms. The Morgan fingerprint density at radius 1 is 1.05 bits per heavy atom. The number of nitrogens with zero attached hydrogens (tertiary/aromatic N) is 5. The quantitative estimate of drug-likeness (QED) is 0.280. The maximum Gasteiger partial charge on any atom is 0.273 e. The number of carbonyl (C=O) groups is 1. The number of pyridine rings is 2. The Hall–Kier alpha value is -4.21. The van der Waals surface area contributed by atoms with Gasteiger partial charge in [-0.1, -0.05) is 26.8 Å². The number of aromatic amines is 1. The van der Waals surface area contributed by atoms with Crippen LogP contribution >= 0.6 is 0 Å². The van der Waals surface area contributed by atoms with E-state index in [1.54, 1.807) is 12.3 Å². The minimum Gasteiger partial charge on any atom is -0.344 e. The summed E-state index contributed by atoms with van der Waals surface area (Å²) in [5, 5.41) is 13.1. The van der Waals surface area contributed by atoms with Crippen LogP contribution in [0.4, 0.5) is 16.0 Å². The molecule has 192 valence electrons. The number of hydrogen-bond acceptors (Lipinski definition) is 7. The van der Waals surface area contributed by atoms with Gasteiger partial charge in [0.15, 0.2) is 23.2 Å². The van der Waals surface area contributed by atoms with Crippen molar-refractivity contribution in [3.8, 4) is 11.4 Å². The van der Waals surface area contributed by atoms with E-state index in [0.717, 1.165) is 29.8 Å². The molecular formula is C27H31FN8O. The van der Waals surface area contributed by atoms with Crippen molar-refractivity contribution < 1.29 is 9.18 Å². The third kappa shape index (κ3) is 6.14. The number of halogens is 1. The lowest BCUT2D eigenvalue weighted by molar-refractivity contribution is 0.0930. The predicted molar refractivity (Wildman–Crippen MR) is 140 cm³/mol. The Morgan fingerprint density at radius 3 is 2.51 bits per heavy atom. The first kappa shape index (κ1) is 25.9. The van der Waals surface area contributed by atoms with E-state index in [-0.39, 0.29) is 17.6 Å². The lowest BCUT2D eigenvalue weighted by Gasteiger charge is -2.15. The van der Waals surface area contributed by atoms with Crippen LogP contribution in [0.2, 0.25) is 0 Å². The van der Waals surface area contributed by atoms with E-state index in [1.165, 1.54) is 12.3 Å². The standard InChI is InChI=1S/C27H31FN8O/c1-6-15(3)22-9-8-18(13-29-22)17(5)32-27(37)25-21(28)11-19(14-30-25)26-31-16(4)10-23(34-26)33-24-12-20(7-2)35-36-24/h8-15,17H,6-7H2,1-5H3,(H,32,37)(H2,31,33,34,35,36).